The molecule has 1 N–H and O–H groups in total. The number of ether oxygens (including phenoxy) is 2. The summed E-state index contributed by atoms with van der Waals surface area (Å²) in [6, 6.07) is 20.8. The molecular formula is C28H25ClN2O4S2. The first-order chi connectivity index (χ1) is 17.8. The molecule has 0 aromatic heterocycles. The Morgan fingerprint density at radius 2 is 1.86 bits per heavy atom. The van der Waals surface area contributed by atoms with Crippen molar-refractivity contribution in [2.24, 2.45) is 0 Å². The maximum Gasteiger partial charge on any atom is 0.266 e. The van der Waals surface area contributed by atoms with Gasteiger partial charge in [-0.05, 0) is 54.8 Å². The zero-order valence-corrected chi connectivity index (χ0v) is 22.7. The Bertz CT molecular complexity index is 1340. The van der Waals surface area contributed by atoms with E-state index in [1.165, 1.54) is 18.9 Å². The molecule has 3 aromatic carbocycles. The number of thioether (sulfide) groups is 1. The summed E-state index contributed by atoms with van der Waals surface area (Å²) in [5.74, 6) is 0.122. The van der Waals surface area contributed by atoms with Crippen LogP contribution in [-0.2, 0) is 16.0 Å². The van der Waals surface area contributed by atoms with Crippen molar-refractivity contribution >= 4 is 63.5 Å². The van der Waals surface area contributed by atoms with Gasteiger partial charge >= 0.3 is 0 Å². The number of halogens is 1. The van der Waals surface area contributed by atoms with Gasteiger partial charge in [-0.1, -0.05) is 83.6 Å². The predicted molar refractivity (Wildman–Crippen MR) is 153 cm³/mol. The SMILES string of the molecule is COc1cc(/C=C2\SC(=S)N(CCc3ccccc3)C2=O)cc(Cl)c1OCC(=O)Nc1ccc(C)cc1. The normalized spacial score (nSPS) is 14.2. The van der Waals surface area contributed by atoms with Crippen LogP contribution in [0, 0.1) is 6.92 Å². The fourth-order valence-electron chi connectivity index (χ4n) is 3.66. The number of hydrogen-bond donors (Lipinski definition) is 1. The molecule has 0 spiro atoms. The van der Waals surface area contributed by atoms with Crippen LogP contribution in [0.2, 0.25) is 5.02 Å². The van der Waals surface area contributed by atoms with Gasteiger partial charge in [0.05, 0.1) is 17.0 Å². The topological polar surface area (TPSA) is 67.9 Å². The molecule has 6 nitrogen and oxygen atoms in total. The van der Waals surface area contributed by atoms with Crippen LogP contribution < -0.4 is 14.8 Å². The van der Waals surface area contributed by atoms with Crippen LogP contribution in [0.1, 0.15) is 16.7 Å². The van der Waals surface area contributed by atoms with Crippen molar-refractivity contribution < 1.29 is 19.1 Å². The lowest BCUT2D eigenvalue weighted by Crippen LogP contribution is -2.30. The third-order valence-electron chi connectivity index (χ3n) is 5.57. The number of amides is 2. The van der Waals surface area contributed by atoms with Crippen LogP contribution in [0.4, 0.5) is 5.69 Å². The number of methoxy groups -OCH3 is 1. The highest BCUT2D eigenvalue weighted by Crippen LogP contribution is 2.39. The van der Waals surface area contributed by atoms with Gasteiger partial charge in [-0.3, -0.25) is 14.5 Å². The molecule has 190 valence electrons. The van der Waals surface area contributed by atoms with Crippen LogP contribution in [0.15, 0.2) is 71.6 Å². The van der Waals surface area contributed by atoms with Gasteiger partial charge in [0, 0.05) is 12.2 Å². The molecule has 9 heteroatoms. The summed E-state index contributed by atoms with van der Waals surface area (Å²) in [6.45, 7) is 2.23. The van der Waals surface area contributed by atoms with Gasteiger partial charge in [-0.2, -0.15) is 0 Å². The van der Waals surface area contributed by atoms with E-state index in [-0.39, 0.29) is 29.2 Å². The molecule has 0 saturated carbocycles. The molecule has 1 heterocycles. The highest BCUT2D eigenvalue weighted by Gasteiger charge is 2.31. The van der Waals surface area contributed by atoms with E-state index < -0.39 is 0 Å². The van der Waals surface area contributed by atoms with Gasteiger partial charge in [0.1, 0.15) is 4.32 Å². The second kappa shape index (κ2) is 12.3. The van der Waals surface area contributed by atoms with Crippen molar-refractivity contribution in [2.45, 2.75) is 13.3 Å². The zero-order chi connectivity index (χ0) is 26.4. The van der Waals surface area contributed by atoms with Crippen LogP contribution >= 0.6 is 35.6 Å². The van der Waals surface area contributed by atoms with E-state index in [0.717, 1.165) is 11.1 Å². The average molecular weight is 553 g/mol. The van der Waals surface area contributed by atoms with Crippen LogP contribution in [0.25, 0.3) is 6.08 Å². The lowest BCUT2D eigenvalue weighted by molar-refractivity contribution is -0.122. The van der Waals surface area contributed by atoms with Crippen molar-refractivity contribution in [3.8, 4) is 11.5 Å². The first-order valence-electron chi connectivity index (χ1n) is 11.5. The van der Waals surface area contributed by atoms with E-state index in [1.54, 1.807) is 23.1 Å². The number of aryl methyl sites for hydroxylation is 1. The number of thiocarbonyl (C=S) groups is 1. The summed E-state index contributed by atoms with van der Waals surface area (Å²) in [5.41, 5.74) is 3.57. The molecule has 0 aliphatic carbocycles. The van der Waals surface area contributed by atoms with Gasteiger partial charge in [0.25, 0.3) is 11.8 Å². The smallest absolute Gasteiger partial charge is 0.266 e. The molecule has 2 amide bonds. The predicted octanol–water partition coefficient (Wildman–Crippen LogP) is 6.12. The molecule has 1 saturated heterocycles. The maximum absolute atomic E-state index is 13.0. The lowest BCUT2D eigenvalue weighted by Gasteiger charge is -2.14. The minimum atomic E-state index is -0.328. The first kappa shape index (κ1) is 26.7. The van der Waals surface area contributed by atoms with Crippen molar-refractivity contribution in [1.82, 2.24) is 4.90 Å². The molecule has 0 unspecified atom stereocenters. The summed E-state index contributed by atoms with van der Waals surface area (Å²) >= 11 is 13.2. The summed E-state index contributed by atoms with van der Waals surface area (Å²) in [7, 11) is 1.48. The fraction of sp³-hybridized carbons (Fsp3) is 0.179. The Hall–Kier alpha value is -3.33. The van der Waals surface area contributed by atoms with Crippen molar-refractivity contribution in [3.05, 3.63) is 93.3 Å². The number of nitrogens with one attached hydrogen (secondary N) is 1. The van der Waals surface area contributed by atoms with E-state index in [9.17, 15) is 9.59 Å². The van der Waals surface area contributed by atoms with E-state index in [4.69, 9.17) is 33.3 Å². The monoisotopic (exact) mass is 552 g/mol. The molecule has 0 atom stereocenters. The van der Waals surface area contributed by atoms with Gasteiger partial charge < -0.3 is 14.8 Å². The van der Waals surface area contributed by atoms with Crippen LogP contribution in [-0.4, -0.2) is 41.3 Å². The standard InChI is InChI=1S/C28H25ClN2O4S2/c1-18-8-10-21(11-9-18)30-25(32)17-35-26-22(29)14-20(15-23(26)34-2)16-24-27(33)31(28(36)37-24)13-12-19-6-4-3-5-7-19/h3-11,14-16H,12-13,17H2,1-2H3,(H,30,32)/b24-16-. The maximum atomic E-state index is 13.0. The van der Waals surface area contributed by atoms with E-state index in [2.05, 4.69) is 5.32 Å². The zero-order valence-electron chi connectivity index (χ0n) is 20.3. The lowest BCUT2D eigenvalue weighted by atomic mass is 10.1. The number of carbonyl (C=O) groups is 2. The Morgan fingerprint density at radius 3 is 2.57 bits per heavy atom. The fourth-order valence-corrected chi connectivity index (χ4v) is 5.25. The minimum absolute atomic E-state index is 0.144. The van der Waals surface area contributed by atoms with Crippen LogP contribution in [0.5, 0.6) is 11.5 Å². The van der Waals surface area contributed by atoms with Crippen molar-refractivity contribution in [3.63, 3.8) is 0 Å². The number of anilines is 1. The van der Waals surface area contributed by atoms with Gasteiger partial charge in [-0.15, -0.1) is 0 Å². The Morgan fingerprint density at radius 1 is 1.14 bits per heavy atom. The second-order valence-electron chi connectivity index (χ2n) is 8.31. The number of carbonyl (C=O) groups excluding carboxylic acids is 2. The molecule has 3 aromatic rings. The van der Waals surface area contributed by atoms with E-state index in [1.807, 2.05) is 61.5 Å². The van der Waals surface area contributed by atoms with Crippen molar-refractivity contribution in [2.75, 3.05) is 25.6 Å². The van der Waals surface area contributed by atoms with Crippen molar-refractivity contribution in [1.29, 1.82) is 0 Å². The summed E-state index contributed by atoms with van der Waals surface area (Å²) in [4.78, 5) is 27.5. The first-order valence-corrected chi connectivity index (χ1v) is 13.1. The summed E-state index contributed by atoms with van der Waals surface area (Å²) in [5, 5.41) is 3.03. The third kappa shape index (κ3) is 6.91. The van der Waals surface area contributed by atoms with E-state index >= 15 is 0 Å². The summed E-state index contributed by atoms with van der Waals surface area (Å²) in [6.07, 6.45) is 2.44. The Kier molecular flexibility index (Phi) is 8.87. The largest absolute Gasteiger partial charge is 0.493 e. The number of rotatable bonds is 9. The minimum Gasteiger partial charge on any atom is -0.493 e. The number of hydrogen-bond acceptors (Lipinski definition) is 6. The van der Waals surface area contributed by atoms with Gasteiger partial charge in [0.15, 0.2) is 18.1 Å². The third-order valence-corrected chi connectivity index (χ3v) is 7.23. The van der Waals surface area contributed by atoms with E-state index in [0.29, 0.717) is 39.2 Å². The number of nitrogens with zero attached hydrogens (tertiary/aromatic N) is 1. The average Bonchev–Trinajstić information content (AvgIpc) is 3.15. The molecular weight excluding hydrogens is 528 g/mol. The molecule has 1 fully saturated rings. The molecule has 37 heavy (non-hydrogen) atoms. The van der Waals surface area contributed by atoms with Crippen LogP contribution in [0.3, 0.4) is 0 Å². The molecule has 0 bridgehead atoms. The van der Waals surface area contributed by atoms with Gasteiger partial charge in [-0.25, -0.2) is 0 Å². The molecule has 0 radical (unpaired) electrons. The molecule has 1 aliphatic rings. The highest BCUT2D eigenvalue weighted by molar-refractivity contribution is 8.26. The summed E-state index contributed by atoms with van der Waals surface area (Å²) < 4.78 is 11.7. The number of benzene rings is 3. The molecule has 4 rings (SSSR count). The second-order valence-corrected chi connectivity index (χ2v) is 10.4. The quantitative estimate of drug-likeness (QED) is 0.255. The molecule has 1 aliphatic heterocycles. The highest BCUT2D eigenvalue weighted by atomic mass is 35.5. The Labute approximate surface area is 230 Å². The Balaban J connectivity index is 1.42. The van der Waals surface area contributed by atoms with Gasteiger partial charge in [0.2, 0.25) is 0 Å².